The van der Waals surface area contributed by atoms with E-state index in [0.29, 0.717) is 5.95 Å². The summed E-state index contributed by atoms with van der Waals surface area (Å²) in [4.78, 5) is 16.9. The van der Waals surface area contributed by atoms with Crippen LogP contribution in [-0.2, 0) is 11.8 Å². The third kappa shape index (κ3) is 3.40. The van der Waals surface area contributed by atoms with Gasteiger partial charge in [0.05, 0.1) is 11.0 Å². The number of aromatic nitrogens is 2. The molecule has 0 aliphatic rings. The standard InChI is InChI=1S/C17H26N4O/c1-16(2,3)10-17(4,5)14(22)19-11-7-8-13-12(9-11)20-15(18)21(13)6/h7-9H,10H2,1-6H3,(H2,18,20)(H,19,22). The molecule has 120 valence electrons. The molecule has 0 radical (unpaired) electrons. The van der Waals surface area contributed by atoms with Crippen molar-refractivity contribution >= 4 is 28.6 Å². The van der Waals surface area contributed by atoms with Crippen molar-refractivity contribution in [1.29, 1.82) is 0 Å². The number of rotatable bonds is 3. The number of nitrogen functional groups attached to an aromatic ring is 1. The molecule has 3 N–H and O–H groups in total. The number of nitrogens with one attached hydrogen (secondary N) is 1. The van der Waals surface area contributed by atoms with Gasteiger partial charge in [-0.15, -0.1) is 0 Å². The van der Waals surface area contributed by atoms with Crippen molar-refractivity contribution < 1.29 is 4.79 Å². The second-order valence-electron chi connectivity index (χ2n) is 7.81. The Morgan fingerprint density at radius 3 is 2.50 bits per heavy atom. The van der Waals surface area contributed by atoms with Crippen LogP contribution in [0.25, 0.3) is 11.0 Å². The average molecular weight is 302 g/mol. The number of anilines is 2. The van der Waals surface area contributed by atoms with Gasteiger partial charge in [-0.05, 0) is 30.0 Å². The summed E-state index contributed by atoms with van der Waals surface area (Å²) in [6.45, 7) is 10.4. The Hall–Kier alpha value is -2.04. The molecule has 0 atom stereocenters. The number of carbonyl (C=O) groups excluding carboxylic acids is 1. The molecule has 1 amide bonds. The van der Waals surface area contributed by atoms with Crippen molar-refractivity contribution in [2.24, 2.45) is 17.9 Å². The Bertz CT molecular complexity index is 707. The minimum atomic E-state index is -0.434. The number of carbonyl (C=O) groups is 1. The molecule has 2 aromatic rings. The third-order valence-electron chi connectivity index (χ3n) is 3.76. The zero-order valence-corrected chi connectivity index (χ0v) is 14.3. The van der Waals surface area contributed by atoms with E-state index in [1.165, 1.54) is 0 Å². The van der Waals surface area contributed by atoms with Crippen LogP contribution in [0, 0.1) is 10.8 Å². The van der Waals surface area contributed by atoms with E-state index in [1.54, 1.807) is 0 Å². The molecule has 5 heteroatoms. The summed E-state index contributed by atoms with van der Waals surface area (Å²) < 4.78 is 1.82. The van der Waals surface area contributed by atoms with E-state index in [4.69, 9.17) is 5.73 Å². The van der Waals surface area contributed by atoms with Crippen LogP contribution in [0.4, 0.5) is 11.6 Å². The molecule has 0 aliphatic heterocycles. The largest absolute Gasteiger partial charge is 0.369 e. The number of fused-ring (bicyclic) bond motifs is 1. The number of hydrogen-bond donors (Lipinski definition) is 2. The first-order valence-corrected chi connectivity index (χ1v) is 7.53. The lowest BCUT2D eigenvalue weighted by Crippen LogP contribution is -2.34. The van der Waals surface area contributed by atoms with E-state index in [0.717, 1.165) is 23.1 Å². The molecule has 1 aromatic heterocycles. The first kappa shape index (κ1) is 16.3. The second-order valence-corrected chi connectivity index (χ2v) is 7.81. The van der Waals surface area contributed by atoms with Crippen molar-refractivity contribution in [1.82, 2.24) is 9.55 Å². The van der Waals surface area contributed by atoms with Crippen LogP contribution in [0.5, 0.6) is 0 Å². The zero-order chi connectivity index (χ0) is 16.7. The molecule has 0 aliphatic carbocycles. The number of nitrogens with zero attached hydrogens (tertiary/aromatic N) is 2. The van der Waals surface area contributed by atoms with Gasteiger partial charge in [0.1, 0.15) is 0 Å². The minimum Gasteiger partial charge on any atom is -0.369 e. The maximum atomic E-state index is 12.6. The molecule has 2 rings (SSSR count). The topological polar surface area (TPSA) is 72.9 Å². The Morgan fingerprint density at radius 1 is 1.27 bits per heavy atom. The summed E-state index contributed by atoms with van der Waals surface area (Å²) in [5.74, 6) is 0.484. The van der Waals surface area contributed by atoms with Crippen LogP contribution >= 0.6 is 0 Å². The Kier molecular flexibility index (Phi) is 3.94. The SMILES string of the molecule is Cn1c(N)nc2cc(NC(=O)C(C)(C)CC(C)(C)C)ccc21. The van der Waals surface area contributed by atoms with E-state index in [2.05, 4.69) is 31.1 Å². The second kappa shape index (κ2) is 5.30. The zero-order valence-electron chi connectivity index (χ0n) is 14.3. The maximum absolute atomic E-state index is 12.6. The van der Waals surface area contributed by atoms with E-state index < -0.39 is 5.41 Å². The predicted octanol–water partition coefficient (Wildman–Crippen LogP) is 3.56. The van der Waals surface area contributed by atoms with Crippen molar-refractivity contribution in [3.05, 3.63) is 18.2 Å². The number of hydrogen-bond acceptors (Lipinski definition) is 3. The van der Waals surface area contributed by atoms with Gasteiger partial charge in [0.15, 0.2) is 0 Å². The van der Waals surface area contributed by atoms with E-state index in [-0.39, 0.29) is 11.3 Å². The number of aryl methyl sites for hydroxylation is 1. The van der Waals surface area contributed by atoms with Crippen molar-refractivity contribution in [3.63, 3.8) is 0 Å². The van der Waals surface area contributed by atoms with Crippen molar-refractivity contribution in [2.45, 2.75) is 41.0 Å². The first-order chi connectivity index (χ1) is 9.99. The normalized spacial score (nSPS) is 12.6. The van der Waals surface area contributed by atoms with Gasteiger partial charge in [0.2, 0.25) is 11.9 Å². The molecule has 0 fully saturated rings. The van der Waals surface area contributed by atoms with Crippen LogP contribution < -0.4 is 11.1 Å². The van der Waals surface area contributed by atoms with Crippen LogP contribution in [0.1, 0.15) is 41.0 Å². The summed E-state index contributed by atoms with van der Waals surface area (Å²) in [6, 6.07) is 5.66. The molecule has 0 saturated heterocycles. The number of amides is 1. The summed E-state index contributed by atoms with van der Waals surface area (Å²) in [5.41, 5.74) is 7.95. The van der Waals surface area contributed by atoms with Gasteiger partial charge in [0.25, 0.3) is 0 Å². The fourth-order valence-electron chi connectivity index (χ4n) is 3.00. The molecule has 5 nitrogen and oxygen atoms in total. The first-order valence-electron chi connectivity index (χ1n) is 7.53. The molecule has 0 spiro atoms. The number of imidazole rings is 1. The lowest BCUT2D eigenvalue weighted by molar-refractivity contribution is -0.125. The van der Waals surface area contributed by atoms with E-state index >= 15 is 0 Å². The Balaban J connectivity index is 2.21. The highest BCUT2D eigenvalue weighted by atomic mass is 16.2. The van der Waals surface area contributed by atoms with Gasteiger partial charge in [-0.1, -0.05) is 34.6 Å². The van der Waals surface area contributed by atoms with Gasteiger partial charge in [-0.3, -0.25) is 4.79 Å². The lowest BCUT2D eigenvalue weighted by Gasteiger charge is -2.31. The Labute approximate surface area is 131 Å². The maximum Gasteiger partial charge on any atom is 0.230 e. The molecule has 0 unspecified atom stereocenters. The van der Waals surface area contributed by atoms with Crippen molar-refractivity contribution in [2.75, 3.05) is 11.1 Å². The lowest BCUT2D eigenvalue weighted by atomic mass is 9.75. The van der Waals surface area contributed by atoms with E-state index in [1.807, 2.05) is 43.7 Å². The van der Waals surface area contributed by atoms with Crippen LogP contribution in [-0.4, -0.2) is 15.5 Å². The molecule has 22 heavy (non-hydrogen) atoms. The minimum absolute atomic E-state index is 0.0191. The smallest absolute Gasteiger partial charge is 0.230 e. The summed E-state index contributed by atoms with van der Waals surface area (Å²) in [6.07, 6.45) is 0.810. The number of benzene rings is 1. The number of nitrogens with two attached hydrogens (primary N) is 1. The predicted molar refractivity (Wildman–Crippen MR) is 91.6 cm³/mol. The van der Waals surface area contributed by atoms with E-state index in [9.17, 15) is 4.79 Å². The molecule has 1 aromatic carbocycles. The van der Waals surface area contributed by atoms with Crippen LogP contribution in [0.15, 0.2) is 18.2 Å². The highest BCUT2D eigenvalue weighted by Crippen LogP contribution is 2.34. The monoisotopic (exact) mass is 302 g/mol. The molecule has 0 saturated carbocycles. The summed E-state index contributed by atoms with van der Waals surface area (Å²) in [7, 11) is 1.87. The van der Waals surface area contributed by atoms with Gasteiger partial charge in [-0.2, -0.15) is 0 Å². The summed E-state index contributed by atoms with van der Waals surface area (Å²) in [5, 5.41) is 3.00. The Morgan fingerprint density at radius 2 is 1.91 bits per heavy atom. The molecular formula is C17H26N4O. The quantitative estimate of drug-likeness (QED) is 0.910. The van der Waals surface area contributed by atoms with Crippen LogP contribution in [0.2, 0.25) is 0 Å². The highest BCUT2D eigenvalue weighted by Gasteiger charge is 2.32. The molecular weight excluding hydrogens is 276 g/mol. The van der Waals surface area contributed by atoms with Gasteiger partial charge in [-0.25, -0.2) is 4.98 Å². The third-order valence-corrected chi connectivity index (χ3v) is 3.76. The van der Waals surface area contributed by atoms with Gasteiger partial charge < -0.3 is 15.6 Å². The van der Waals surface area contributed by atoms with Crippen LogP contribution in [0.3, 0.4) is 0 Å². The molecule has 1 heterocycles. The fraction of sp³-hybridized carbons (Fsp3) is 0.529. The molecule has 0 bridgehead atoms. The fourth-order valence-corrected chi connectivity index (χ4v) is 3.00. The summed E-state index contributed by atoms with van der Waals surface area (Å²) >= 11 is 0. The van der Waals surface area contributed by atoms with Gasteiger partial charge in [0, 0.05) is 18.2 Å². The van der Waals surface area contributed by atoms with Crippen molar-refractivity contribution in [3.8, 4) is 0 Å². The highest BCUT2D eigenvalue weighted by molar-refractivity contribution is 5.96. The average Bonchev–Trinajstić information content (AvgIpc) is 2.61. The van der Waals surface area contributed by atoms with Gasteiger partial charge >= 0.3 is 0 Å².